The molecule has 1 fully saturated rings. The van der Waals surface area contributed by atoms with Crippen LogP contribution in [-0.4, -0.2) is 46.8 Å². The van der Waals surface area contributed by atoms with Gasteiger partial charge >= 0.3 is 0 Å². The van der Waals surface area contributed by atoms with E-state index in [1.54, 1.807) is 12.1 Å². The number of nitrogens with one attached hydrogen (secondary N) is 1. The van der Waals surface area contributed by atoms with Crippen molar-refractivity contribution in [3.05, 3.63) is 53.1 Å². The van der Waals surface area contributed by atoms with E-state index in [2.05, 4.69) is 16.5 Å². The first-order valence-electron chi connectivity index (χ1n) is 9.10. The molecule has 1 saturated heterocycles. The van der Waals surface area contributed by atoms with Gasteiger partial charge < -0.3 is 15.0 Å². The second kappa shape index (κ2) is 7.55. The summed E-state index contributed by atoms with van der Waals surface area (Å²) in [6.07, 6.45) is 0.900. The molecule has 0 unspecified atom stereocenters. The van der Waals surface area contributed by atoms with Gasteiger partial charge in [0.2, 0.25) is 5.91 Å². The van der Waals surface area contributed by atoms with Crippen molar-refractivity contribution < 1.29 is 13.9 Å². The Morgan fingerprint density at radius 3 is 2.96 bits per heavy atom. The minimum atomic E-state index is -0.268. The van der Waals surface area contributed by atoms with E-state index in [1.807, 2.05) is 9.58 Å². The molecule has 0 bridgehead atoms. The van der Waals surface area contributed by atoms with Gasteiger partial charge in [-0.05, 0) is 23.8 Å². The maximum absolute atomic E-state index is 13.1. The van der Waals surface area contributed by atoms with Gasteiger partial charge in [-0.15, -0.1) is 0 Å². The summed E-state index contributed by atoms with van der Waals surface area (Å²) in [6.45, 7) is 4.26. The number of carbonyl (C=O) groups is 1. The fourth-order valence-electron chi connectivity index (χ4n) is 3.52. The largest absolute Gasteiger partial charge is 0.370 e. The normalized spacial score (nSPS) is 20.0. The standard InChI is InChI=1S/C19H23FN4O2/c20-15-3-1-14(2-4-15)18-13-23(9-10-26-18)19(25)6-5-16-11-17-12-21-7-8-24(17)22-16/h1-4,11,18,21H,5-10,12-13H2/t18-/m0/s1. The van der Waals surface area contributed by atoms with Crippen LogP contribution in [0.2, 0.25) is 0 Å². The van der Waals surface area contributed by atoms with E-state index in [-0.39, 0.29) is 17.8 Å². The van der Waals surface area contributed by atoms with Crippen LogP contribution < -0.4 is 5.32 Å². The molecule has 26 heavy (non-hydrogen) atoms. The minimum Gasteiger partial charge on any atom is -0.370 e. The van der Waals surface area contributed by atoms with E-state index in [0.29, 0.717) is 32.5 Å². The van der Waals surface area contributed by atoms with Crippen molar-refractivity contribution in [3.63, 3.8) is 0 Å². The number of ether oxygens (including phenoxy) is 1. The third-order valence-corrected chi connectivity index (χ3v) is 4.98. The van der Waals surface area contributed by atoms with Gasteiger partial charge in [0.25, 0.3) is 0 Å². The van der Waals surface area contributed by atoms with Crippen LogP contribution in [0.5, 0.6) is 0 Å². The lowest BCUT2D eigenvalue weighted by molar-refractivity contribution is -0.139. The summed E-state index contributed by atoms with van der Waals surface area (Å²) in [6, 6.07) is 8.37. The number of morpholine rings is 1. The molecule has 1 aromatic carbocycles. The zero-order valence-electron chi connectivity index (χ0n) is 14.7. The zero-order chi connectivity index (χ0) is 17.9. The number of rotatable bonds is 4. The number of aromatic nitrogens is 2. The van der Waals surface area contributed by atoms with Crippen molar-refractivity contribution in [2.45, 2.75) is 32.0 Å². The lowest BCUT2D eigenvalue weighted by Crippen LogP contribution is -2.42. The first-order valence-corrected chi connectivity index (χ1v) is 9.10. The highest BCUT2D eigenvalue weighted by Crippen LogP contribution is 2.23. The Bertz CT molecular complexity index is 751. The highest BCUT2D eigenvalue weighted by molar-refractivity contribution is 5.76. The second-order valence-electron chi connectivity index (χ2n) is 6.78. The molecule has 1 aromatic heterocycles. The Balaban J connectivity index is 1.34. The number of benzene rings is 1. The number of fused-ring (bicyclic) bond motifs is 1. The number of aryl methyl sites for hydroxylation is 1. The number of halogens is 1. The maximum Gasteiger partial charge on any atom is 0.223 e. The fourth-order valence-corrected chi connectivity index (χ4v) is 3.52. The van der Waals surface area contributed by atoms with Crippen LogP contribution in [0.4, 0.5) is 4.39 Å². The third-order valence-electron chi connectivity index (χ3n) is 4.98. The Labute approximate surface area is 151 Å². The van der Waals surface area contributed by atoms with Gasteiger partial charge in [0.05, 0.1) is 31.1 Å². The molecule has 0 radical (unpaired) electrons. The molecule has 6 nitrogen and oxygen atoms in total. The molecule has 138 valence electrons. The minimum absolute atomic E-state index is 0.115. The van der Waals surface area contributed by atoms with E-state index in [0.717, 1.165) is 30.9 Å². The average molecular weight is 358 g/mol. The van der Waals surface area contributed by atoms with Crippen molar-refractivity contribution >= 4 is 5.91 Å². The lowest BCUT2D eigenvalue weighted by atomic mass is 10.1. The molecule has 0 saturated carbocycles. The molecule has 2 aromatic rings. The maximum atomic E-state index is 13.1. The number of hydrogen-bond acceptors (Lipinski definition) is 4. The molecule has 0 spiro atoms. The van der Waals surface area contributed by atoms with E-state index < -0.39 is 0 Å². The third kappa shape index (κ3) is 3.78. The Hall–Kier alpha value is -2.25. The fraction of sp³-hybridized carbons (Fsp3) is 0.474. The summed E-state index contributed by atoms with van der Waals surface area (Å²) in [5, 5.41) is 7.91. The number of amides is 1. The lowest BCUT2D eigenvalue weighted by Gasteiger charge is -2.33. The molecule has 7 heteroatoms. The van der Waals surface area contributed by atoms with Crippen LogP contribution in [0, 0.1) is 5.82 Å². The summed E-state index contributed by atoms with van der Waals surface area (Å²) in [5.41, 5.74) is 3.06. The van der Waals surface area contributed by atoms with Gasteiger partial charge in [0.15, 0.2) is 0 Å². The Kier molecular flexibility index (Phi) is 4.99. The number of nitrogens with zero attached hydrogens (tertiary/aromatic N) is 3. The van der Waals surface area contributed by atoms with Gasteiger partial charge in [-0.2, -0.15) is 5.10 Å². The molecule has 3 heterocycles. The predicted octanol–water partition coefficient (Wildman–Crippen LogP) is 1.66. The van der Waals surface area contributed by atoms with E-state index in [9.17, 15) is 9.18 Å². The van der Waals surface area contributed by atoms with Gasteiger partial charge in [-0.25, -0.2) is 4.39 Å². The SMILES string of the molecule is O=C(CCc1cc2n(n1)CCNC2)N1CCO[C@H](c2ccc(F)cc2)C1. The van der Waals surface area contributed by atoms with E-state index in [1.165, 1.54) is 17.8 Å². The molecular formula is C19H23FN4O2. The highest BCUT2D eigenvalue weighted by atomic mass is 19.1. The van der Waals surface area contributed by atoms with Gasteiger partial charge in [-0.1, -0.05) is 12.1 Å². The molecule has 2 aliphatic rings. The number of hydrogen-bond donors (Lipinski definition) is 1. The Morgan fingerprint density at radius 1 is 1.31 bits per heavy atom. The van der Waals surface area contributed by atoms with Crippen LogP contribution in [0.25, 0.3) is 0 Å². The van der Waals surface area contributed by atoms with Gasteiger partial charge in [0, 0.05) is 32.5 Å². The molecular weight excluding hydrogens is 335 g/mol. The second-order valence-corrected chi connectivity index (χ2v) is 6.78. The smallest absolute Gasteiger partial charge is 0.223 e. The predicted molar refractivity (Wildman–Crippen MR) is 93.9 cm³/mol. The molecule has 1 amide bonds. The molecule has 1 atom stereocenters. The van der Waals surface area contributed by atoms with Gasteiger partial charge in [0.1, 0.15) is 11.9 Å². The van der Waals surface area contributed by atoms with E-state index in [4.69, 9.17) is 4.74 Å². The summed E-state index contributed by atoms with van der Waals surface area (Å²) >= 11 is 0. The first kappa shape index (κ1) is 17.2. The highest BCUT2D eigenvalue weighted by Gasteiger charge is 2.25. The van der Waals surface area contributed by atoms with Crippen LogP contribution in [0.3, 0.4) is 0 Å². The van der Waals surface area contributed by atoms with Gasteiger partial charge in [-0.3, -0.25) is 9.48 Å². The molecule has 2 aliphatic heterocycles. The molecule has 0 aliphatic carbocycles. The monoisotopic (exact) mass is 358 g/mol. The summed E-state index contributed by atoms with van der Waals surface area (Å²) < 4.78 is 20.9. The van der Waals surface area contributed by atoms with Crippen LogP contribution >= 0.6 is 0 Å². The first-order chi connectivity index (χ1) is 12.7. The average Bonchev–Trinajstić information content (AvgIpc) is 3.10. The van der Waals surface area contributed by atoms with Crippen molar-refractivity contribution in [1.82, 2.24) is 20.0 Å². The zero-order valence-corrected chi connectivity index (χ0v) is 14.7. The van der Waals surface area contributed by atoms with Crippen LogP contribution in [-0.2, 0) is 29.0 Å². The van der Waals surface area contributed by atoms with Crippen molar-refractivity contribution in [2.24, 2.45) is 0 Å². The quantitative estimate of drug-likeness (QED) is 0.903. The van der Waals surface area contributed by atoms with Crippen molar-refractivity contribution in [3.8, 4) is 0 Å². The van der Waals surface area contributed by atoms with Crippen LogP contribution in [0.1, 0.15) is 29.5 Å². The van der Waals surface area contributed by atoms with Crippen molar-refractivity contribution in [2.75, 3.05) is 26.2 Å². The topological polar surface area (TPSA) is 59.4 Å². The Morgan fingerprint density at radius 2 is 2.15 bits per heavy atom. The summed E-state index contributed by atoms with van der Waals surface area (Å²) in [7, 11) is 0. The summed E-state index contributed by atoms with van der Waals surface area (Å²) in [4.78, 5) is 14.5. The molecule has 4 rings (SSSR count). The molecule has 1 N–H and O–H groups in total. The number of carbonyl (C=O) groups excluding carboxylic acids is 1. The summed E-state index contributed by atoms with van der Waals surface area (Å²) in [5.74, 6) is -0.153. The van der Waals surface area contributed by atoms with Crippen molar-refractivity contribution in [1.29, 1.82) is 0 Å². The van der Waals surface area contributed by atoms with Crippen LogP contribution in [0.15, 0.2) is 30.3 Å². The van der Waals surface area contributed by atoms with E-state index >= 15 is 0 Å².